The molecule has 3 nitrogen and oxygen atoms in total. The Morgan fingerprint density at radius 1 is 1.06 bits per heavy atom. The van der Waals surface area contributed by atoms with Crippen molar-refractivity contribution in [2.24, 2.45) is 11.8 Å². The molecule has 2 N–H and O–H groups in total. The molecule has 0 radical (unpaired) electrons. The van der Waals surface area contributed by atoms with Crippen molar-refractivity contribution in [3.63, 3.8) is 0 Å². The SMILES string of the molecule is CC(C)CSC(SCC(C)C)[C@@H]1OC[C@@H](O)[C@H]1O. The summed E-state index contributed by atoms with van der Waals surface area (Å²) < 4.78 is 5.77. The first kappa shape index (κ1) is 16.6. The van der Waals surface area contributed by atoms with Crippen molar-refractivity contribution >= 4 is 23.5 Å². The molecule has 1 fully saturated rings. The summed E-state index contributed by atoms with van der Waals surface area (Å²) in [7, 11) is 0. The van der Waals surface area contributed by atoms with E-state index in [1.807, 2.05) is 23.5 Å². The van der Waals surface area contributed by atoms with Gasteiger partial charge in [0.2, 0.25) is 0 Å². The largest absolute Gasteiger partial charge is 0.388 e. The van der Waals surface area contributed by atoms with Gasteiger partial charge in [0.15, 0.2) is 0 Å². The Balaban J connectivity index is 2.52. The fourth-order valence-electron chi connectivity index (χ4n) is 1.68. The van der Waals surface area contributed by atoms with Gasteiger partial charge in [0.1, 0.15) is 18.3 Å². The Kier molecular flexibility index (Phi) is 7.39. The Labute approximate surface area is 119 Å². The van der Waals surface area contributed by atoms with E-state index in [1.165, 1.54) is 0 Å². The van der Waals surface area contributed by atoms with Gasteiger partial charge in [-0.25, -0.2) is 0 Å². The van der Waals surface area contributed by atoms with Crippen LogP contribution < -0.4 is 0 Å². The Hall–Kier alpha value is 0.580. The molecule has 18 heavy (non-hydrogen) atoms. The van der Waals surface area contributed by atoms with E-state index >= 15 is 0 Å². The van der Waals surface area contributed by atoms with Crippen molar-refractivity contribution in [1.29, 1.82) is 0 Å². The first-order chi connectivity index (χ1) is 8.41. The van der Waals surface area contributed by atoms with Crippen LogP contribution in [0.1, 0.15) is 27.7 Å². The van der Waals surface area contributed by atoms with E-state index in [-0.39, 0.29) is 17.3 Å². The third kappa shape index (κ3) is 5.29. The molecule has 0 unspecified atom stereocenters. The lowest BCUT2D eigenvalue weighted by Gasteiger charge is -2.26. The first-order valence-electron chi connectivity index (χ1n) is 6.62. The maximum absolute atomic E-state index is 9.96. The van der Waals surface area contributed by atoms with Gasteiger partial charge < -0.3 is 14.9 Å². The minimum absolute atomic E-state index is 0.210. The molecule has 1 aliphatic rings. The van der Waals surface area contributed by atoms with Gasteiger partial charge in [-0.2, -0.15) is 0 Å². The third-order valence-electron chi connectivity index (χ3n) is 2.65. The number of hydrogen-bond donors (Lipinski definition) is 2. The lowest BCUT2D eigenvalue weighted by Crippen LogP contribution is -2.36. The van der Waals surface area contributed by atoms with Gasteiger partial charge in [-0.05, 0) is 23.3 Å². The average molecular weight is 294 g/mol. The monoisotopic (exact) mass is 294 g/mol. The van der Waals surface area contributed by atoms with Gasteiger partial charge in [-0.3, -0.25) is 0 Å². The quantitative estimate of drug-likeness (QED) is 0.705. The highest BCUT2D eigenvalue weighted by Gasteiger charge is 2.40. The normalized spacial score (nSPS) is 28.8. The van der Waals surface area contributed by atoms with Crippen LogP contribution in [0.25, 0.3) is 0 Å². The number of aliphatic hydroxyl groups excluding tert-OH is 2. The van der Waals surface area contributed by atoms with Crippen LogP contribution in [0.4, 0.5) is 0 Å². The molecule has 1 saturated heterocycles. The lowest BCUT2D eigenvalue weighted by molar-refractivity contribution is 0.0307. The van der Waals surface area contributed by atoms with Crippen LogP contribution in [-0.4, -0.2) is 51.2 Å². The van der Waals surface area contributed by atoms with Gasteiger partial charge in [0, 0.05) is 0 Å². The molecule has 0 aliphatic carbocycles. The molecule has 0 aromatic rings. The molecule has 5 heteroatoms. The maximum Gasteiger partial charge on any atom is 0.110 e. The maximum atomic E-state index is 9.96. The molecule has 1 rings (SSSR count). The molecule has 3 atom stereocenters. The predicted molar refractivity (Wildman–Crippen MR) is 80.1 cm³/mol. The minimum atomic E-state index is -0.741. The Morgan fingerprint density at radius 3 is 1.89 bits per heavy atom. The zero-order chi connectivity index (χ0) is 13.7. The first-order valence-corrected chi connectivity index (χ1v) is 8.72. The molecule has 0 spiro atoms. The molecule has 0 bridgehead atoms. The Bertz CT molecular complexity index is 224. The molecule has 0 amide bonds. The molecule has 0 aromatic carbocycles. The zero-order valence-corrected chi connectivity index (χ0v) is 13.3. The third-order valence-corrected chi connectivity index (χ3v) is 6.37. The van der Waals surface area contributed by atoms with Crippen LogP contribution in [0.5, 0.6) is 0 Å². The van der Waals surface area contributed by atoms with Crippen molar-refractivity contribution in [1.82, 2.24) is 0 Å². The highest BCUT2D eigenvalue weighted by atomic mass is 32.2. The van der Waals surface area contributed by atoms with Crippen LogP contribution in [0, 0.1) is 11.8 Å². The Morgan fingerprint density at radius 2 is 1.56 bits per heavy atom. The standard InChI is InChI=1S/C13H26O3S2/c1-8(2)6-17-13(18-7-9(3)4)12-11(15)10(14)5-16-12/h8-15H,5-7H2,1-4H3/t10-,11-,12-/m1/s1. The van der Waals surface area contributed by atoms with Gasteiger partial charge in [-0.15, -0.1) is 23.5 Å². The van der Waals surface area contributed by atoms with Crippen molar-refractivity contribution in [2.75, 3.05) is 18.1 Å². The molecule has 0 saturated carbocycles. The zero-order valence-electron chi connectivity index (χ0n) is 11.7. The molecule has 0 aromatic heterocycles. The number of thioether (sulfide) groups is 2. The van der Waals surface area contributed by atoms with Crippen LogP contribution in [0.2, 0.25) is 0 Å². The predicted octanol–water partition coefficient (Wildman–Crippen LogP) is 2.21. The summed E-state index contributed by atoms with van der Waals surface area (Å²) in [5.41, 5.74) is 0. The van der Waals surface area contributed by atoms with Crippen molar-refractivity contribution in [3.8, 4) is 0 Å². The second-order valence-electron chi connectivity index (χ2n) is 5.68. The summed E-state index contributed by atoms with van der Waals surface area (Å²) in [4.78, 5) is 0. The molecule has 1 aliphatic heterocycles. The topological polar surface area (TPSA) is 49.7 Å². The van der Waals surface area contributed by atoms with Gasteiger partial charge in [0.05, 0.1) is 11.2 Å². The van der Waals surface area contributed by atoms with E-state index in [0.29, 0.717) is 11.8 Å². The van der Waals surface area contributed by atoms with Gasteiger partial charge in [0.25, 0.3) is 0 Å². The molecule has 1 heterocycles. The smallest absolute Gasteiger partial charge is 0.110 e. The van der Waals surface area contributed by atoms with E-state index in [2.05, 4.69) is 27.7 Å². The number of hydrogen-bond acceptors (Lipinski definition) is 5. The molecule has 108 valence electrons. The van der Waals surface area contributed by atoms with Crippen molar-refractivity contribution < 1.29 is 14.9 Å². The van der Waals surface area contributed by atoms with E-state index in [9.17, 15) is 10.2 Å². The van der Waals surface area contributed by atoms with Gasteiger partial charge in [-0.1, -0.05) is 27.7 Å². The summed E-state index contributed by atoms with van der Waals surface area (Å²) in [6.45, 7) is 9.03. The summed E-state index contributed by atoms with van der Waals surface area (Å²) in [5, 5.41) is 19.5. The van der Waals surface area contributed by atoms with Crippen LogP contribution in [0.3, 0.4) is 0 Å². The van der Waals surface area contributed by atoms with Crippen LogP contribution in [-0.2, 0) is 4.74 Å². The van der Waals surface area contributed by atoms with Crippen LogP contribution >= 0.6 is 23.5 Å². The summed E-state index contributed by atoms with van der Waals surface area (Å²) in [6.07, 6.45) is -1.71. The van der Waals surface area contributed by atoms with E-state index in [1.54, 1.807) is 0 Å². The van der Waals surface area contributed by atoms with Crippen LogP contribution in [0.15, 0.2) is 0 Å². The number of ether oxygens (including phenoxy) is 1. The van der Waals surface area contributed by atoms with E-state index in [4.69, 9.17) is 4.74 Å². The second kappa shape index (κ2) is 8.00. The van der Waals surface area contributed by atoms with Gasteiger partial charge >= 0.3 is 0 Å². The average Bonchev–Trinajstić information content (AvgIpc) is 2.60. The second-order valence-corrected chi connectivity index (χ2v) is 8.33. The van der Waals surface area contributed by atoms with E-state index < -0.39 is 12.2 Å². The van der Waals surface area contributed by atoms with Crippen molar-refractivity contribution in [2.45, 2.75) is 50.6 Å². The molecular formula is C13H26O3S2. The summed E-state index contributed by atoms with van der Waals surface area (Å²) in [5.74, 6) is 3.36. The minimum Gasteiger partial charge on any atom is -0.388 e. The van der Waals surface area contributed by atoms with E-state index in [0.717, 1.165) is 11.5 Å². The molecular weight excluding hydrogens is 268 g/mol. The number of rotatable bonds is 7. The lowest BCUT2D eigenvalue weighted by atomic mass is 10.2. The number of aliphatic hydroxyl groups is 2. The fourth-order valence-corrected chi connectivity index (χ4v) is 4.54. The summed E-state index contributed by atoms with van der Waals surface area (Å²) in [6, 6.07) is 0. The fraction of sp³-hybridized carbons (Fsp3) is 1.00. The van der Waals surface area contributed by atoms with Crippen molar-refractivity contribution in [3.05, 3.63) is 0 Å². The highest BCUT2D eigenvalue weighted by molar-refractivity contribution is 8.17. The highest BCUT2D eigenvalue weighted by Crippen LogP contribution is 2.35. The summed E-state index contributed by atoms with van der Waals surface area (Å²) >= 11 is 3.68.